The van der Waals surface area contributed by atoms with Gasteiger partial charge < -0.3 is 11.1 Å². The average molecular weight is 352 g/mol. The molecule has 1 aliphatic rings. The van der Waals surface area contributed by atoms with Crippen LogP contribution < -0.4 is 5.73 Å². The van der Waals surface area contributed by atoms with Gasteiger partial charge in [-0.25, -0.2) is 4.98 Å². The molecule has 1 aliphatic carbocycles. The Labute approximate surface area is 157 Å². The van der Waals surface area contributed by atoms with E-state index in [0.717, 1.165) is 64.3 Å². The van der Waals surface area contributed by atoms with Gasteiger partial charge >= 0.3 is 0 Å². The maximum Gasteiger partial charge on any atom is 0.0760 e. The molecule has 0 bridgehead atoms. The number of rotatable bonds is 2. The topological polar surface area (TPSA) is 75.7 Å². The van der Waals surface area contributed by atoms with Crippen molar-refractivity contribution in [3.63, 3.8) is 0 Å². The number of hydrogen-bond donors (Lipinski definition) is 2. The van der Waals surface area contributed by atoms with Crippen molar-refractivity contribution >= 4 is 33.7 Å². The SMILES string of the molecule is N=Cc1c(N)ccc2nc(-c3cnc4ccccc4c3)c3c(c12)CCCC3. The van der Waals surface area contributed by atoms with Crippen molar-refractivity contribution in [1.82, 2.24) is 9.97 Å². The van der Waals surface area contributed by atoms with Gasteiger partial charge in [0.1, 0.15) is 0 Å². The quantitative estimate of drug-likeness (QED) is 0.397. The summed E-state index contributed by atoms with van der Waals surface area (Å²) in [5.41, 5.74) is 14.2. The second-order valence-corrected chi connectivity index (χ2v) is 7.15. The molecule has 5 rings (SSSR count). The van der Waals surface area contributed by atoms with E-state index in [1.54, 1.807) is 0 Å². The standard InChI is InChI=1S/C23H20N4/c24-12-18-19(25)9-10-21-22(18)16-6-2-3-7-17(16)23(27-21)15-11-14-5-1-4-8-20(14)26-13-15/h1,4-5,8-13,24H,2-3,6-7,25H2. The Hall–Kier alpha value is -3.27. The molecule has 0 fully saturated rings. The fourth-order valence-corrected chi connectivity index (χ4v) is 4.26. The van der Waals surface area contributed by atoms with Crippen LogP contribution in [0, 0.1) is 5.41 Å². The Morgan fingerprint density at radius 2 is 1.78 bits per heavy atom. The average Bonchev–Trinajstić information content (AvgIpc) is 2.73. The van der Waals surface area contributed by atoms with Gasteiger partial charge in [-0.1, -0.05) is 18.2 Å². The van der Waals surface area contributed by atoms with E-state index < -0.39 is 0 Å². The van der Waals surface area contributed by atoms with Gasteiger partial charge in [0.05, 0.1) is 16.7 Å². The number of nitrogens with zero attached hydrogens (tertiary/aromatic N) is 2. The molecule has 2 heterocycles. The van der Waals surface area contributed by atoms with Gasteiger partial charge in [0.2, 0.25) is 0 Å². The summed E-state index contributed by atoms with van der Waals surface area (Å²) >= 11 is 0. The van der Waals surface area contributed by atoms with Crippen LogP contribution in [0.25, 0.3) is 33.1 Å². The first-order chi connectivity index (χ1) is 13.3. The molecule has 3 N–H and O–H groups in total. The number of pyridine rings is 2. The minimum Gasteiger partial charge on any atom is -0.398 e. The highest BCUT2D eigenvalue weighted by Crippen LogP contribution is 2.37. The minimum atomic E-state index is 0.646. The van der Waals surface area contributed by atoms with Crippen molar-refractivity contribution in [2.75, 3.05) is 5.73 Å². The third-order valence-corrected chi connectivity index (χ3v) is 5.55. The van der Waals surface area contributed by atoms with Crippen molar-refractivity contribution in [2.45, 2.75) is 25.7 Å². The van der Waals surface area contributed by atoms with E-state index in [0.29, 0.717) is 5.69 Å². The van der Waals surface area contributed by atoms with Gasteiger partial charge in [0.25, 0.3) is 0 Å². The van der Waals surface area contributed by atoms with E-state index in [1.165, 1.54) is 17.3 Å². The van der Waals surface area contributed by atoms with Crippen molar-refractivity contribution in [1.29, 1.82) is 5.41 Å². The fourth-order valence-electron chi connectivity index (χ4n) is 4.26. The first-order valence-electron chi connectivity index (χ1n) is 9.36. The highest BCUT2D eigenvalue weighted by atomic mass is 14.7. The number of anilines is 1. The molecule has 4 heteroatoms. The van der Waals surface area contributed by atoms with Crippen LogP contribution in [0.5, 0.6) is 0 Å². The van der Waals surface area contributed by atoms with Crippen molar-refractivity contribution < 1.29 is 0 Å². The van der Waals surface area contributed by atoms with Crippen LogP contribution >= 0.6 is 0 Å². The molecule has 132 valence electrons. The molecule has 0 saturated carbocycles. The van der Waals surface area contributed by atoms with Crippen LogP contribution in [0.1, 0.15) is 29.5 Å². The zero-order valence-corrected chi connectivity index (χ0v) is 15.0. The monoisotopic (exact) mass is 352 g/mol. The van der Waals surface area contributed by atoms with Crippen molar-refractivity contribution in [2.24, 2.45) is 0 Å². The summed E-state index contributed by atoms with van der Waals surface area (Å²) in [4.78, 5) is 9.65. The lowest BCUT2D eigenvalue weighted by Crippen LogP contribution is -2.09. The van der Waals surface area contributed by atoms with Gasteiger partial charge in [0, 0.05) is 40.0 Å². The molecule has 2 aromatic heterocycles. The Morgan fingerprint density at radius 3 is 2.63 bits per heavy atom. The molecule has 0 unspecified atom stereocenters. The minimum absolute atomic E-state index is 0.646. The number of benzene rings is 2. The summed E-state index contributed by atoms with van der Waals surface area (Å²) < 4.78 is 0. The van der Waals surface area contributed by atoms with E-state index >= 15 is 0 Å². The normalized spacial score (nSPS) is 13.6. The lowest BCUT2D eigenvalue weighted by molar-refractivity contribution is 0.689. The number of nitrogens with one attached hydrogen (secondary N) is 1. The molecule has 0 radical (unpaired) electrons. The summed E-state index contributed by atoms with van der Waals surface area (Å²) in [5.74, 6) is 0. The van der Waals surface area contributed by atoms with Crippen molar-refractivity contribution in [3.8, 4) is 11.3 Å². The molecule has 4 aromatic rings. The van der Waals surface area contributed by atoms with Crippen LogP contribution in [0.3, 0.4) is 0 Å². The van der Waals surface area contributed by atoms with Crippen LogP contribution in [-0.2, 0) is 12.8 Å². The predicted octanol–water partition coefficient (Wildman–Crippen LogP) is 4.91. The molecule has 0 aliphatic heterocycles. The van der Waals surface area contributed by atoms with Crippen LogP contribution in [0.4, 0.5) is 5.69 Å². The first kappa shape index (κ1) is 15.9. The van der Waals surface area contributed by atoms with Crippen LogP contribution in [0.15, 0.2) is 48.7 Å². The third-order valence-electron chi connectivity index (χ3n) is 5.55. The van der Waals surface area contributed by atoms with E-state index in [9.17, 15) is 0 Å². The van der Waals surface area contributed by atoms with Gasteiger partial charge in [0.15, 0.2) is 0 Å². The number of para-hydroxylation sites is 1. The molecular weight excluding hydrogens is 332 g/mol. The van der Waals surface area contributed by atoms with Gasteiger partial charge in [-0.2, -0.15) is 0 Å². The zero-order valence-electron chi connectivity index (χ0n) is 15.0. The maximum atomic E-state index is 7.85. The Bertz CT molecular complexity index is 1210. The molecule has 0 amide bonds. The third kappa shape index (κ3) is 2.48. The molecule has 0 atom stereocenters. The number of aryl methyl sites for hydroxylation is 1. The largest absolute Gasteiger partial charge is 0.398 e. The molecule has 2 aromatic carbocycles. The zero-order chi connectivity index (χ0) is 18.4. The highest BCUT2D eigenvalue weighted by molar-refractivity contribution is 6.05. The van der Waals surface area contributed by atoms with Gasteiger partial charge in [-0.05, 0) is 61.1 Å². The smallest absolute Gasteiger partial charge is 0.0760 e. The lowest BCUT2D eigenvalue weighted by Gasteiger charge is -2.22. The van der Waals surface area contributed by atoms with Gasteiger partial charge in [-0.15, -0.1) is 0 Å². The Morgan fingerprint density at radius 1 is 0.963 bits per heavy atom. The predicted molar refractivity (Wildman–Crippen MR) is 111 cm³/mol. The number of nitrogen functional groups attached to an aromatic ring is 1. The number of nitrogens with two attached hydrogens (primary N) is 1. The molecule has 0 saturated heterocycles. The van der Waals surface area contributed by atoms with E-state index in [1.807, 2.05) is 36.5 Å². The molecular formula is C23H20N4. The lowest BCUT2D eigenvalue weighted by atomic mass is 9.85. The fraction of sp³-hybridized carbons (Fsp3) is 0.174. The summed E-state index contributed by atoms with van der Waals surface area (Å²) in [6, 6.07) is 14.2. The number of fused-ring (bicyclic) bond motifs is 4. The van der Waals surface area contributed by atoms with Crippen molar-refractivity contribution in [3.05, 3.63) is 65.4 Å². The Kier molecular flexibility index (Phi) is 3.64. The molecule has 27 heavy (non-hydrogen) atoms. The summed E-state index contributed by atoms with van der Waals surface area (Å²) in [7, 11) is 0. The van der Waals surface area contributed by atoms with E-state index in [2.05, 4.69) is 17.1 Å². The van der Waals surface area contributed by atoms with Crippen LogP contribution in [-0.4, -0.2) is 16.2 Å². The van der Waals surface area contributed by atoms with Crippen LogP contribution in [0.2, 0.25) is 0 Å². The molecule has 4 nitrogen and oxygen atoms in total. The van der Waals surface area contributed by atoms with E-state index in [-0.39, 0.29) is 0 Å². The second kappa shape index (κ2) is 6.16. The summed E-state index contributed by atoms with van der Waals surface area (Å²) in [6.45, 7) is 0. The van der Waals surface area contributed by atoms with Gasteiger partial charge in [-0.3, -0.25) is 4.98 Å². The Balaban J connectivity index is 1.84. The van der Waals surface area contributed by atoms with E-state index in [4.69, 9.17) is 16.1 Å². The molecule has 0 spiro atoms. The summed E-state index contributed by atoms with van der Waals surface area (Å²) in [5, 5.41) is 10.0. The number of aromatic nitrogens is 2. The first-order valence-corrected chi connectivity index (χ1v) is 9.36. The second-order valence-electron chi connectivity index (χ2n) is 7.15. The highest BCUT2D eigenvalue weighted by Gasteiger charge is 2.21. The summed E-state index contributed by atoms with van der Waals surface area (Å²) in [6.07, 6.45) is 7.63. The maximum absolute atomic E-state index is 7.85. The number of hydrogen-bond acceptors (Lipinski definition) is 4.